The molecular formula is C20H14FN3O5S2. The van der Waals surface area contributed by atoms with Crippen molar-refractivity contribution in [3.8, 4) is 17.0 Å². The van der Waals surface area contributed by atoms with Gasteiger partial charge in [0, 0.05) is 36.4 Å². The highest BCUT2D eigenvalue weighted by Crippen LogP contribution is 2.33. The largest absolute Gasteiger partial charge is 0.377 e. The van der Waals surface area contributed by atoms with Crippen molar-refractivity contribution in [2.24, 2.45) is 0 Å². The van der Waals surface area contributed by atoms with Crippen LogP contribution in [0.4, 0.5) is 4.39 Å². The first-order chi connectivity index (χ1) is 14.8. The molecule has 4 rings (SSSR count). The van der Waals surface area contributed by atoms with Gasteiger partial charge < -0.3 is 4.18 Å². The molecule has 11 heteroatoms. The molecule has 0 aliphatic carbocycles. The van der Waals surface area contributed by atoms with Gasteiger partial charge in [-0.15, -0.1) is 0 Å². The van der Waals surface area contributed by atoms with Crippen LogP contribution in [0.3, 0.4) is 0 Å². The van der Waals surface area contributed by atoms with Crippen LogP contribution in [0, 0.1) is 5.82 Å². The Morgan fingerprint density at radius 3 is 2.10 bits per heavy atom. The lowest BCUT2D eigenvalue weighted by molar-refractivity contribution is 0.485. The zero-order valence-electron chi connectivity index (χ0n) is 15.7. The highest BCUT2D eigenvalue weighted by Gasteiger charge is 2.26. The fraction of sp³-hybridized carbons (Fsp3) is 0. The third kappa shape index (κ3) is 4.05. The molecule has 0 spiro atoms. The molecule has 158 valence electrons. The van der Waals surface area contributed by atoms with Gasteiger partial charge in [-0.3, -0.25) is 9.97 Å². The van der Waals surface area contributed by atoms with Gasteiger partial charge in [-0.1, -0.05) is 12.1 Å². The Morgan fingerprint density at radius 2 is 1.48 bits per heavy atom. The second-order valence-electron chi connectivity index (χ2n) is 6.26. The minimum Gasteiger partial charge on any atom is -0.377 e. The van der Waals surface area contributed by atoms with Gasteiger partial charge in [0.05, 0.1) is 11.9 Å². The van der Waals surface area contributed by atoms with E-state index in [-0.39, 0.29) is 26.8 Å². The number of aromatic nitrogens is 3. The summed E-state index contributed by atoms with van der Waals surface area (Å²) in [5.74, 6) is -1.00. The topological polar surface area (TPSA) is 108 Å². The summed E-state index contributed by atoms with van der Waals surface area (Å²) >= 11 is 0. The second-order valence-corrected chi connectivity index (χ2v) is 9.62. The Bertz CT molecular complexity index is 1440. The third-order valence-electron chi connectivity index (χ3n) is 4.23. The first kappa shape index (κ1) is 20.7. The van der Waals surface area contributed by atoms with Crippen molar-refractivity contribution in [1.29, 1.82) is 0 Å². The average Bonchev–Trinajstić information content (AvgIpc) is 3.19. The molecule has 0 bridgehead atoms. The lowest BCUT2D eigenvalue weighted by atomic mass is 10.1. The molecule has 0 unspecified atom stereocenters. The Hall–Kier alpha value is -3.57. The van der Waals surface area contributed by atoms with Crippen LogP contribution in [0.5, 0.6) is 5.75 Å². The van der Waals surface area contributed by atoms with Crippen LogP contribution >= 0.6 is 0 Å². The average molecular weight is 459 g/mol. The maximum absolute atomic E-state index is 14.5. The van der Waals surface area contributed by atoms with Crippen LogP contribution in [0.1, 0.15) is 0 Å². The van der Waals surface area contributed by atoms with Crippen molar-refractivity contribution in [3.63, 3.8) is 0 Å². The number of halogens is 1. The van der Waals surface area contributed by atoms with E-state index in [2.05, 4.69) is 9.97 Å². The van der Waals surface area contributed by atoms with Crippen molar-refractivity contribution >= 4 is 20.1 Å². The smallest absolute Gasteiger partial charge is 0.340 e. The zero-order valence-corrected chi connectivity index (χ0v) is 17.3. The quantitative estimate of drug-likeness (QED) is 0.408. The van der Waals surface area contributed by atoms with Crippen LogP contribution in [-0.2, 0) is 20.1 Å². The van der Waals surface area contributed by atoms with E-state index in [1.165, 1.54) is 54.9 Å². The Kier molecular flexibility index (Phi) is 5.29. The Labute approximate surface area is 177 Å². The predicted octanol–water partition coefficient (Wildman–Crippen LogP) is 3.09. The van der Waals surface area contributed by atoms with Gasteiger partial charge in [-0.25, -0.2) is 16.8 Å². The highest BCUT2D eigenvalue weighted by atomic mass is 32.2. The fourth-order valence-corrected chi connectivity index (χ4v) is 5.01. The zero-order chi connectivity index (χ0) is 22.1. The van der Waals surface area contributed by atoms with E-state index in [0.717, 1.165) is 34.7 Å². The van der Waals surface area contributed by atoms with Crippen molar-refractivity contribution < 1.29 is 25.4 Å². The molecule has 0 atom stereocenters. The minimum atomic E-state index is -4.30. The maximum Gasteiger partial charge on any atom is 0.340 e. The number of nitrogens with zero attached hydrogens (tertiary/aromatic N) is 3. The van der Waals surface area contributed by atoms with Crippen molar-refractivity contribution in [1.82, 2.24) is 13.9 Å². The van der Waals surface area contributed by atoms with E-state index < -0.39 is 26.0 Å². The summed E-state index contributed by atoms with van der Waals surface area (Å²) in [6.45, 7) is 0. The fourth-order valence-electron chi connectivity index (χ4n) is 2.81. The minimum absolute atomic E-state index is 0.0522. The van der Waals surface area contributed by atoms with E-state index in [0.29, 0.717) is 0 Å². The molecule has 0 saturated heterocycles. The summed E-state index contributed by atoms with van der Waals surface area (Å²) in [6.07, 6.45) is 6.00. The highest BCUT2D eigenvalue weighted by molar-refractivity contribution is 7.90. The number of hydrogen-bond acceptors (Lipinski definition) is 7. The molecular weight excluding hydrogens is 445 g/mol. The van der Waals surface area contributed by atoms with Crippen LogP contribution in [0.15, 0.2) is 95.4 Å². The van der Waals surface area contributed by atoms with Gasteiger partial charge in [0.1, 0.15) is 15.6 Å². The monoisotopic (exact) mass is 459 g/mol. The molecule has 0 N–H and O–H groups in total. The van der Waals surface area contributed by atoms with E-state index in [1.807, 2.05) is 0 Å². The molecule has 4 aromatic rings. The van der Waals surface area contributed by atoms with Gasteiger partial charge in [0.15, 0.2) is 5.75 Å². The summed E-state index contributed by atoms with van der Waals surface area (Å²) in [4.78, 5) is 7.16. The van der Waals surface area contributed by atoms with Crippen LogP contribution in [0.25, 0.3) is 11.3 Å². The Morgan fingerprint density at radius 1 is 0.839 bits per heavy atom. The lowest BCUT2D eigenvalue weighted by Crippen LogP contribution is -2.14. The van der Waals surface area contributed by atoms with Gasteiger partial charge in [0.25, 0.3) is 10.0 Å². The summed E-state index contributed by atoms with van der Waals surface area (Å²) in [6, 6.07) is 12.1. The lowest BCUT2D eigenvalue weighted by Gasteiger charge is -2.10. The van der Waals surface area contributed by atoms with Crippen LogP contribution in [0.2, 0.25) is 0 Å². The van der Waals surface area contributed by atoms with E-state index in [4.69, 9.17) is 4.18 Å². The standard InChI is InChI=1S/C20H14FN3O5S2/c21-19-8-2-1-7-18(19)20-11-15(29-31(27,28)17-6-4-10-23-13-17)14-24(20)30(25,26)16-5-3-9-22-12-16/h1-14H. The molecule has 0 aliphatic heterocycles. The number of benzene rings is 1. The van der Waals surface area contributed by atoms with Crippen LogP contribution in [-0.4, -0.2) is 30.8 Å². The number of hydrogen-bond donors (Lipinski definition) is 0. The normalized spacial score (nSPS) is 11.9. The van der Waals surface area contributed by atoms with Crippen molar-refractivity contribution in [2.75, 3.05) is 0 Å². The first-order valence-electron chi connectivity index (χ1n) is 8.76. The van der Waals surface area contributed by atoms with E-state index in [9.17, 15) is 21.2 Å². The summed E-state index contributed by atoms with van der Waals surface area (Å²) < 4.78 is 71.8. The molecule has 31 heavy (non-hydrogen) atoms. The molecule has 0 saturated carbocycles. The van der Waals surface area contributed by atoms with E-state index in [1.54, 1.807) is 0 Å². The third-order valence-corrected chi connectivity index (χ3v) is 7.12. The molecule has 3 heterocycles. The summed E-state index contributed by atoms with van der Waals surface area (Å²) in [5, 5.41) is 0. The second kappa shape index (κ2) is 7.93. The van der Waals surface area contributed by atoms with Crippen LogP contribution < -0.4 is 4.18 Å². The predicted molar refractivity (Wildman–Crippen MR) is 109 cm³/mol. The van der Waals surface area contributed by atoms with Gasteiger partial charge in [0.2, 0.25) is 0 Å². The molecule has 0 radical (unpaired) electrons. The summed E-state index contributed by atoms with van der Waals surface area (Å²) in [5.41, 5.74) is -0.165. The molecule has 3 aromatic heterocycles. The van der Waals surface area contributed by atoms with Gasteiger partial charge >= 0.3 is 10.1 Å². The van der Waals surface area contributed by atoms with Gasteiger partial charge in [-0.2, -0.15) is 8.42 Å². The molecule has 8 nitrogen and oxygen atoms in total. The molecule has 1 aromatic carbocycles. The van der Waals surface area contributed by atoms with Crippen molar-refractivity contribution in [3.05, 3.63) is 91.4 Å². The SMILES string of the molecule is O=S(=O)(Oc1cc(-c2ccccc2F)n(S(=O)(=O)c2cccnc2)c1)c1cccnc1. The number of pyridine rings is 2. The van der Waals surface area contributed by atoms with Gasteiger partial charge in [-0.05, 0) is 36.4 Å². The van der Waals surface area contributed by atoms with E-state index >= 15 is 0 Å². The maximum atomic E-state index is 14.5. The molecule has 0 fully saturated rings. The molecule has 0 amide bonds. The van der Waals surface area contributed by atoms with Crippen molar-refractivity contribution in [2.45, 2.75) is 9.79 Å². The Balaban J connectivity index is 1.87. The summed E-state index contributed by atoms with van der Waals surface area (Å²) in [7, 11) is -8.53. The number of rotatable bonds is 6. The molecule has 0 aliphatic rings. The first-order valence-corrected chi connectivity index (χ1v) is 11.6.